The number of nitrogens with two attached hydrogens (primary N) is 1. The van der Waals surface area contributed by atoms with Crippen molar-refractivity contribution in [2.45, 2.75) is 51.6 Å². The van der Waals surface area contributed by atoms with Crippen molar-refractivity contribution in [3.05, 3.63) is 144 Å². The number of benzene rings is 4. The number of aromatic amines is 2. The molecule has 2 heterocycles. The van der Waals surface area contributed by atoms with E-state index >= 15 is 0 Å². The molecule has 332 valence electrons. The molecule has 4 aromatic carbocycles. The summed E-state index contributed by atoms with van der Waals surface area (Å²) in [5, 5.41) is 48.8. The molecule has 63 heavy (non-hydrogen) atoms. The number of aromatic nitrogens is 6. The largest absolute Gasteiger partial charge is 0.481 e. The Morgan fingerprint density at radius 2 is 1.03 bits per heavy atom. The minimum atomic E-state index is -1.15. The van der Waals surface area contributed by atoms with Crippen molar-refractivity contribution in [2.75, 3.05) is 27.4 Å². The quantitative estimate of drug-likeness (QED) is 0.0508. The maximum Gasteiger partial charge on any atom is 0.358 e. The van der Waals surface area contributed by atoms with E-state index in [1.807, 2.05) is 72.8 Å². The Balaban J connectivity index is 0.000000240. The highest BCUT2D eigenvalue weighted by molar-refractivity contribution is 5.92. The zero-order chi connectivity index (χ0) is 45.8. The van der Waals surface area contributed by atoms with Crippen LogP contribution in [0.4, 0.5) is 0 Å². The van der Waals surface area contributed by atoms with Crippen molar-refractivity contribution in [2.24, 2.45) is 16.6 Å². The number of hydrogen-bond donors (Lipinski definition) is 7. The van der Waals surface area contributed by atoms with Gasteiger partial charge in [-0.15, -0.1) is 5.10 Å². The number of H-pyrrole nitrogens is 2. The molecule has 6 rings (SSSR count). The Hall–Kier alpha value is -7.08. The SMILES string of the molecule is COC[C@](C)(C[C@@H](Cc1ccc(-c2ccccc2)cc1)NC(=O)c1cn[nH]n1)C(=O)O.COC[C@](C)(C[C@H](N)Cc1ccc(-c2ccccc2)cc1)C(=O)O.O=C(O)c1cn[nH]n1. The average Bonchev–Trinajstić information content (AvgIpc) is 4.02. The first kappa shape index (κ1) is 48.6. The number of carbonyl (C=O) groups is 4. The van der Waals surface area contributed by atoms with Crippen molar-refractivity contribution in [1.82, 2.24) is 36.1 Å². The molecule has 2 aromatic heterocycles. The zero-order valence-corrected chi connectivity index (χ0v) is 35.6. The Morgan fingerprint density at radius 3 is 1.41 bits per heavy atom. The number of carboxylic acid groups (broad SMARTS) is 3. The molecule has 8 N–H and O–H groups in total. The summed E-state index contributed by atoms with van der Waals surface area (Å²) in [7, 11) is 2.97. The van der Waals surface area contributed by atoms with E-state index in [2.05, 4.69) is 72.5 Å². The fourth-order valence-corrected chi connectivity index (χ4v) is 6.81. The first-order valence-corrected chi connectivity index (χ1v) is 19.9. The van der Waals surface area contributed by atoms with Crippen LogP contribution in [-0.2, 0) is 31.9 Å². The number of ether oxygens (including phenoxy) is 2. The molecular weight excluding hydrogens is 809 g/mol. The van der Waals surface area contributed by atoms with E-state index in [9.17, 15) is 29.4 Å². The third-order valence-corrected chi connectivity index (χ3v) is 10.1. The van der Waals surface area contributed by atoms with Crippen LogP contribution in [0.5, 0.6) is 0 Å². The fraction of sp³-hybridized carbons (Fsp3) is 0.304. The summed E-state index contributed by atoms with van der Waals surface area (Å²) in [5.74, 6) is -3.34. The minimum absolute atomic E-state index is 0.0333. The van der Waals surface area contributed by atoms with Crippen LogP contribution in [0.2, 0.25) is 0 Å². The van der Waals surface area contributed by atoms with Crippen LogP contribution in [-0.4, -0.2) is 109 Å². The van der Waals surface area contributed by atoms with Gasteiger partial charge in [0.2, 0.25) is 0 Å². The molecule has 17 heteroatoms. The van der Waals surface area contributed by atoms with Gasteiger partial charge >= 0.3 is 17.9 Å². The van der Waals surface area contributed by atoms with Gasteiger partial charge in [0.25, 0.3) is 5.91 Å². The summed E-state index contributed by atoms with van der Waals surface area (Å²) in [4.78, 5) is 45.8. The molecule has 4 atom stereocenters. The Labute approximate surface area is 365 Å². The molecule has 0 saturated heterocycles. The predicted molar refractivity (Wildman–Crippen MR) is 235 cm³/mol. The topological polar surface area (TPSA) is 269 Å². The molecule has 0 aliphatic rings. The monoisotopic (exact) mass is 862 g/mol. The molecule has 17 nitrogen and oxygen atoms in total. The lowest BCUT2D eigenvalue weighted by atomic mass is 9.82. The number of amides is 1. The van der Waals surface area contributed by atoms with Gasteiger partial charge in [-0.3, -0.25) is 14.4 Å². The number of methoxy groups -OCH3 is 2. The second-order valence-corrected chi connectivity index (χ2v) is 15.5. The second kappa shape index (κ2) is 23.8. The van der Waals surface area contributed by atoms with E-state index in [4.69, 9.17) is 20.3 Å². The maximum atomic E-state index is 12.5. The van der Waals surface area contributed by atoms with E-state index < -0.39 is 40.7 Å². The molecule has 0 aliphatic heterocycles. The lowest BCUT2D eigenvalue weighted by molar-refractivity contribution is -0.152. The number of hydrogen-bond acceptors (Lipinski definition) is 11. The van der Waals surface area contributed by atoms with Crippen LogP contribution in [0.15, 0.2) is 122 Å². The number of carboxylic acids is 3. The standard InChI is InChI=1S/C23H26N4O4.C20H25NO3.C3H3N3O2/c1-23(15-31-2,22(29)30)13-19(25-21(28)20-14-24-27-26-20)12-16-8-10-18(11-9-16)17-6-4-3-5-7-17;1-20(14-24-2,19(22)23)13-18(21)12-15-8-10-17(11-9-15)16-6-4-3-5-7-16;7-3(8)2-1-4-6-5-2/h3-11,14,19H,12-13,15H2,1-2H3,(H,25,28)(H,29,30)(H,24,26,27);3-11,18H,12-14,21H2,1-2H3,(H,22,23);1H,(H,7,8)(H,4,5,6)/t19-,23+;18-,20+;/m11./s1. The highest BCUT2D eigenvalue weighted by atomic mass is 16.5. The van der Waals surface area contributed by atoms with E-state index in [1.165, 1.54) is 26.0 Å². The van der Waals surface area contributed by atoms with Crippen LogP contribution in [0, 0.1) is 10.8 Å². The Morgan fingerprint density at radius 1 is 0.619 bits per heavy atom. The van der Waals surface area contributed by atoms with Crippen molar-refractivity contribution < 1.29 is 44.0 Å². The van der Waals surface area contributed by atoms with Gasteiger partial charge in [-0.1, -0.05) is 109 Å². The van der Waals surface area contributed by atoms with E-state index in [-0.39, 0.29) is 37.1 Å². The summed E-state index contributed by atoms with van der Waals surface area (Å²) < 4.78 is 10.2. The molecule has 0 bridgehead atoms. The van der Waals surface area contributed by atoms with Gasteiger partial charge < -0.3 is 35.8 Å². The molecule has 1 amide bonds. The predicted octanol–water partition coefficient (Wildman–Crippen LogP) is 5.79. The summed E-state index contributed by atoms with van der Waals surface area (Å²) >= 11 is 0. The van der Waals surface area contributed by atoms with Crippen LogP contribution >= 0.6 is 0 Å². The maximum absolute atomic E-state index is 12.5. The van der Waals surface area contributed by atoms with Crippen LogP contribution in [0.3, 0.4) is 0 Å². The van der Waals surface area contributed by atoms with E-state index in [0.29, 0.717) is 19.3 Å². The van der Waals surface area contributed by atoms with Gasteiger partial charge in [-0.25, -0.2) is 4.79 Å². The van der Waals surface area contributed by atoms with Crippen molar-refractivity contribution >= 4 is 23.8 Å². The average molecular weight is 863 g/mol. The van der Waals surface area contributed by atoms with Gasteiger partial charge in [-0.05, 0) is 72.9 Å². The molecule has 0 aliphatic carbocycles. The van der Waals surface area contributed by atoms with Gasteiger partial charge in [-0.2, -0.15) is 25.7 Å². The van der Waals surface area contributed by atoms with Crippen LogP contribution < -0.4 is 11.1 Å². The van der Waals surface area contributed by atoms with Gasteiger partial charge in [0, 0.05) is 26.3 Å². The highest BCUT2D eigenvalue weighted by Crippen LogP contribution is 2.28. The molecular formula is C46H54N8O9. The molecule has 0 fully saturated rings. The number of nitrogens with one attached hydrogen (secondary N) is 3. The van der Waals surface area contributed by atoms with Crippen molar-refractivity contribution in [3.8, 4) is 22.3 Å². The third-order valence-electron chi connectivity index (χ3n) is 10.1. The Kier molecular flexibility index (Phi) is 18.3. The lowest BCUT2D eigenvalue weighted by Crippen LogP contribution is -2.44. The van der Waals surface area contributed by atoms with Gasteiger partial charge in [0.1, 0.15) is 0 Å². The van der Waals surface area contributed by atoms with Crippen molar-refractivity contribution in [3.63, 3.8) is 0 Å². The fourth-order valence-electron chi connectivity index (χ4n) is 6.81. The lowest BCUT2D eigenvalue weighted by Gasteiger charge is -2.29. The smallest absolute Gasteiger partial charge is 0.358 e. The molecule has 0 spiro atoms. The minimum Gasteiger partial charge on any atom is -0.481 e. The van der Waals surface area contributed by atoms with Gasteiger partial charge in [0.05, 0.1) is 36.4 Å². The summed E-state index contributed by atoms with van der Waals surface area (Å²) in [6, 6.07) is 35.8. The van der Waals surface area contributed by atoms with Gasteiger partial charge in [0.15, 0.2) is 11.4 Å². The van der Waals surface area contributed by atoms with Crippen LogP contribution in [0.25, 0.3) is 22.3 Å². The number of nitrogens with zero attached hydrogens (tertiary/aromatic N) is 4. The first-order valence-electron chi connectivity index (χ1n) is 19.9. The molecule has 0 radical (unpaired) electrons. The number of aliphatic carboxylic acids is 2. The van der Waals surface area contributed by atoms with E-state index in [1.54, 1.807) is 13.8 Å². The first-order chi connectivity index (χ1) is 30.2. The third kappa shape index (κ3) is 15.1. The molecule has 0 saturated carbocycles. The summed E-state index contributed by atoms with van der Waals surface area (Å²) in [6.07, 6.45) is 4.14. The molecule has 6 aromatic rings. The summed E-state index contributed by atoms with van der Waals surface area (Å²) in [6.45, 7) is 3.48. The van der Waals surface area contributed by atoms with E-state index in [0.717, 1.165) is 34.0 Å². The second-order valence-electron chi connectivity index (χ2n) is 15.5. The van der Waals surface area contributed by atoms with Crippen molar-refractivity contribution in [1.29, 1.82) is 0 Å². The van der Waals surface area contributed by atoms with Crippen LogP contribution in [0.1, 0.15) is 58.8 Å². The normalized spacial score (nSPS) is 13.6. The molecule has 0 unspecified atom stereocenters. The Bertz CT molecular complexity index is 2300. The summed E-state index contributed by atoms with van der Waals surface area (Å²) in [5.41, 5.74) is 10.8. The number of rotatable bonds is 19. The zero-order valence-electron chi connectivity index (χ0n) is 35.6. The number of aromatic carboxylic acids is 1. The highest BCUT2D eigenvalue weighted by Gasteiger charge is 2.37. The number of carbonyl (C=O) groups excluding carboxylic acids is 1.